The number of hydrogen-bond donors (Lipinski definition) is 0. The lowest BCUT2D eigenvalue weighted by Gasteiger charge is -2.32. The molecule has 4 nitrogen and oxygen atoms in total. The molecule has 6 heteroatoms. The van der Waals surface area contributed by atoms with E-state index in [0.29, 0.717) is 19.7 Å². The molecule has 0 saturated carbocycles. The molecule has 112 valence electrons. The van der Waals surface area contributed by atoms with Crippen molar-refractivity contribution in [2.45, 2.75) is 19.6 Å². The molecule has 1 aliphatic rings. The van der Waals surface area contributed by atoms with Crippen LogP contribution < -0.4 is 0 Å². The van der Waals surface area contributed by atoms with Crippen molar-refractivity contribution in [2.24, 2.45) is 0 Å². The van der Waals surface area contributed by atoms with Crippen molar-refractivity contribution in [1.29, 1.82) is 0 Å². The highest BCUT2D eigenvalue weighted by atomic mass is 35.5. The third kappa shape index (κ3) is 3.43. The molecule has 0 bridgehead atoms. The Labute approximate surface area is 127 Å². The fraction of sp³-hybridized carbons (Fsp3) is 0.400. The maximum atomic E-state index is 13.2. The standard InChI is InChI=1S/C15H16ClFN2O2/c1-10-6-12(21-18-10)8-19-4-5-20-15(9-19)11-2-3-14(17)13(16)7-11/h2-3,6-7,15H,4-5,8-9H2,1H3. The van der Waals surface area contributed by atoms with Crippen LogP contribution in [0, 0.1) is 12.7 Å². The van der Waals surface area contributed by atoms with Gasteiger partial charge in [-0.2, -0.15) is 0 Å². The predicted octanol–water partition coefficient (Wildman–Crippen LogP) is 3.35. The summed E-state index contributed by atoms with van der Waals surface area (Å²) in [4.78, 5) is 2.23. The predicted molar refractivity (Wildman–Crippen MR) is 76.6 cm³/mol. The Kier molecular flexibility index (Phi) is 4.24. The van der Waals surface area contributed by atoms with Gasteiger partial charge >= 0.3 is 0 Å². The molecule has 0 N–H and O–H groups in total. The first-order chi connectivity index (χ1) is 10.1. The van der Waals surface area contributed by atoms with Gasteiger partial charge in [-0.25, -0.2) is 4.39 Å². The molecule has 21 heavy (non-hydrogen) atoms. The molecule has 0 aliphatic carbocycles. The summed E-state index contributed by atoms with van der Waals surface area (Å²) in [6.45, 7) is 4.74. The van der Waals surface area contributed by atoms with Gasteiger partial charge in [0.2, 0.25) is 0 Å². The first-order valence-electron chi connectivity index (χ1n) is 6.83. The van der Waals surface area contributed by atoms with Gasteiger partial charge in [0.15, 0.2) is 5.76 Å². The Morgan fingerprint density at radius 2 is 2.29 bits per heavy atom. The van der Waals surface area contributed by atoms with Crippen LogP contribution in [0.3, 0.4) is 0 Å². The summed E-state index contributed by atoms with van der Waals surface area (Å²) in [5.41, 5.74) is 1.76. The molecule has 3 rings (SSSR count). The zero-order valence-electron chi connectivity index (χ0n) is 11.7. The maximum Gasteiger partial charge on any atom is 0.150 e. The van der Waals surface area contributed by atoms with E-state index < -0.39 is 5.82 Å². The number of morpholine rings is 1. The topological polar surface area (TPSA) is 38.5 Å². The van der Waals surface area contributed by atoms with Gasteiger partial charge in [0.25, 0.3) is 0 Å². The lowest BCUT2D eigenvalue weighted by Crippen LogP contribution is -2.37. The molecule has 1 aromatic heterocycles. The monoisotopic (exact) mass is 310 g/mol. The molecule has 0 spiro atoms. The van der Waals surface area contributed by atoms with E-state index in [0.717, 1.165) is 23.6 Å². The smallest absolute Gasteiger partial charge is 0.150 e. The number of nitrogens with zero attached hydrogens (tertiary/aromatic N) is 2. The molecular weight excluding hydrogens is 295 g/mol. The van der Waals surface area contributed by atoms with Gasteiger partial charge in [0.1, 0.15) is 5.82 Å². The average molecular weight is 311 g/mol. The lowest BCUT2D eigenvalue weighted by molar-refractivity contribution is -0.0351. The highest BCUT2D eigenvalue weighted by Gasteiger charge is 2.23. The summed E-state index contributed by atoms with van der Waals surface area (Å²) >= 11 is 5.83. The van der Waals surface area contributed by atoms with E-state index >= 15 is 0 Å². The van der Waals surface area contributed by atoms with E-state index in [9.17, 15) is 4.39 Å². The molecule has 0 radical (unpaired) electrons. The highest BCUT2D eigenvalue weighted by molar-refractivity contribution is 6.30. The van der Waals surface area contributed by atoms with Crippen LogP contribution in [-0.4, -0.2) is 29.8 Å². The second kappa shape index (κ2) is 6.13. The second-order valence-corrected chi connectivity index (χ2v) is 5.61. The zero-order chi connectivity index (χ0) is 14.8. The molecule has 2 heterocycles. The average Bonchev–Trinajstić information content (AvgIpc) is 2.87. The van der Waals surface area contributed by atoms with Crippen LogP contribution in [0.1, 0.15) is 23.1 Å². The summed E-state index contributed by atoms with van der Waals surface area (Å²) in [5.74, 6) is 0.426. The molecule has 1 fully saturated rings. The van der Waals surface area contributed by atoms with Crippen LogP contribution in [0.15, 0.2) is 28.8 Å². The molecule has 1 aromatic carbocycles. The molecule has 1 aliphatic heterocycles. The fourth-order valence-corrected chi connectivity index (χ4v) is 2.66. The Bertz CT molecular complexity index is 632. The SMILES string of the molecule is Cc1cc(CN2CCOC(c3ccc(F)c(Cl)c3)C2)on1. The van der Waals surface area contributed by atoms with Crippen LogP contribution in [0.2, 0.25) is 5.02 Å². The van der Waals surface area contributed by atoms with Crippen LogP contribution >= 0.6 is 11.6 Å². The minimum atomic E-state index is -0.412. The highest BCUT2D eigenvalue weighted by Crippen LogP contribution is 2.26. The van der Waals surface area contributed by atoms with E-state index in [1.807, 2.05) is 13.0 Å². The molecule has 0 amide bonds. The van der Waals surface area contributed by atoms with Crippen molar-refractivity contribution in [2.75, 3.05) is 19.7 Å². The van der Waals surface area contributed by atoms with Gasteiger partial charge < -0.3 is 9.26 Å². The van der Waals surface area contributed by atoms with Crippen LogP contribution in [-0.2, 0) is 11.3 Å². The normalized spacial score (nSPS) is 19.9. The first kappa shape index (κ1) is 14.5. The number of hydrogen-bond acceptors (Lipinski definition) is 4. The van der Waals surface area contributed by atoms with Crippen molar-refractivity contribution in [1.82, 2.24) is 10.1 Å². The number of ether oxygens (including phenoxy) is 1. The van der Waals surface area contributed by atoms with E-state index in [2.05, 4.69) is 10.1 Å². The Morgan fingerprint density at radius 3 is 3.00 bits per heavy atom. The van der Waals surface area contributed by atoms with Crippen molar-refractivity contribution in [3.8, 4) is 0 Å². The summed E-state index contributed by atoms with van der Waals surface area (Å²) in [7, 11) is 0. The van der Waals surface area contributed by atoms with Crippen LogP contribution in [0.25, 0.3) is 0 Å². The molecule has 1 atom stereocenters. The van der Waals surface area contributed by atoms with Gasteiger partial charge in [-0.15, -0.1) is 0 Å². The van der Waals surface area contributed by atoms with Crippen molar-refractivity contribution >= 4 is 11.6 Å². The van der Waals surface area contributed by atoms with Gasteiger partial charge in [-0.05, 0) is 24.6 Å². The number of aryl methyl sites for hydroxylation is 1. The third-order valence-corrected chi connectivity index (χ3v) is 3.81. The van der Waals surface area contributed by atoms with E-state index in [-0.39, 0.29) is 11.1 Å². The minimum absolute atomic E-state index is 0.110. The van der Waals surface area contributed by atoms with Crippen LogP contribution in [0.5, 0.6) is 0 Å². The van der Waals surface area contributed by atoms with Gasteiger partial charge in [-0.1, -0.05) is 22.8 Å². The van der Waals surface area contributed by atoms with Gasteiger partial charge in [-0.3, -0.25) is 4.90 Å². The quantitative estimate of drug-likeness (QED) is 0.871. The Hall–Kier alpha value is -1.43. The number of halogens is 2. The summed E-state index contributed by atoms with van der Waals surface area (Å²) in [5, 5.41) is 4.01. The van der Waals surface area contributed by atoms with Gasteiger partial charge in [0.05, 0.1) is 30.0 Å². The van der Waals surface area contributed by atoms with E-state index in [4.69, 9.17) is 20.9 Å². The summed E-state index contributed by atoms with van der Waals surface area (Å²) in [6.07, 6.45) is -0.110. The Balaban J connectivity index is 1.68. The van der Waals surface area contributed by atoms with Crippen molar-refractivity contribution < 1.29 is 13.7 Å². The molecule has 1 unspecified atom stereocenters. The first-order valence-corrected chi connectivity index (χ1v) is 7.21. The van der Waals surface area contributed by atoms with E-state index in [1.54, 1.807) is 12.1 Å². The largest absolute Gasteiger partial charge is 0.371 e. The second-order valence-electron chi connectivity index (χ2n) is 5.20. The number of aromatic nitrogens is 1. The Morgan fingerprint density at radius 1 is 1.43 bits per heavy atom. The zero-order valence-corrected chi connectivity index (χ0v) is 12.4. The molecule has 1 saturated heterocycles. The molecule has 2 aromatic rings. The molecular formula is C15H16ClFN2O2. The number of benzene rings is 1. The summed E-state index contributed by atoms with van der Waals surface area (Å²) in [6, 6.07) is 6.65. The summed E-state index contributed by atoms with van der Waals surface area (Å²) < 4.78 is 24.2. The van der Waals surface area contributed by atoms with Crippen molar-refractivity contribution in [3.05, 3.63) is 52.1 Å². The van der Waals surface area contributed by atoms with Crippen molar-refractivity contribution in [3.63, 3.8) is 0 Å². The third-order valence-electron chi connectivity index (χ3n) is 3.52. The number of rotatable bonds is 3. The van der Waals surface area contributed by atoms with Crippen LogP contribution in [0.4, 0.5) is 4.39 Å². The fourth-order valence-electron chi connectivity index (χ4n) is 2.47. The maximum absolute atomic E-state index is 13.2. The van der Waals surface area contributed by atoms with E-state index in [1.165, 1.54) is 6.07 Å². The minimum Gasteiger partial charge on any atom is -0.371 e. The lowest BCUT2D eigenvalue weighted by atomic mass is 10.1. The van der Waals surface area contributed by atoms with Gasteiger partial charge in [0, 0.05) is 19.2 Å².